The first-order valence-electron chi connectivity index (χ1n) is 5.92. The van der Waals surface area contributed by atoms with E-state index in [-0.39, 0.29) is 12.1 Å². The van der Waals surface area contributed by atoms with Gasteiger partial charge in [0.25, 0.3) is 10.2 Å². The first-order chi connectivity index (χ1) is 7.39. The van der Waals surface area contributed by atoms with Crippen molar-refractivity contribution in [3.8, 4) is 0 Å². The molecule has 0 aromatic heterocycles. The first kappa shape index (κ1) is 13.9. The summed E-state index contributed by atoms with van der Waals surface area (Å²) in [5.41, 5.74) is 0. The Labute approximate surface area is 98.6 Å². The maximum Gasteiger partial charge on any atom is 0.277 e. The Hall–Kier alpha value is -0.170. The lowest BCUT2D eigenvalue weighted by Crippen LogP contribution is -2.50. The summed E-state index contributed by atoms with van der Waals surface area (Å²) in [6.45, 7) is 6.21. The average Bonchev–Trinajstić information content (AvgIpc) is 2.13. The van der Waals surface area contributed by atoms with Gasteiger partial charge in [-0.05, 0) is 33.6 Å². The summed E-state index contributed by atoms with van der Waals surface area (Å²) in [4.78, 5) is 0. The minimum Gasteiger partial charge on any atom is -0.310 e. The minimum atomic E-state index is -3.34. The third-order valence-corrected chi connectivity index (χ3v) is 3.95. The Balaban J connectivity index is 2.33. The van der Waals surface area contributed by atoms with E-state index in [1.807, 2.05) is 0 Å². The first-order valence-corrected chi connectivity index (χ1v) is 7.40. The van der Waals surface area contributed by atoms with Gasteiger partial charge in [0, 0.05) is 24.7 Å². The Kier molecular flexibility index (Phi) is 5.17. The fourth-order valence-corrected chi connectivity index (χ4v) is 3.09. The van der Waals surface area contributed by atoms with E-state index in [2.05, 4.69) is 21.7 Å². The lowest BCUT2D eigenvalue weighted by atomic mass is 10.00. The van der Waals surface area contributed by atoms with Gasteiger partial charge >= 0.3 is 0 Å². The van der Waals surface area contributed by atoms with E-state index in [4.69, 9.17) is 0 Å². The van der Waals surface area contributed by atoms with Crippen molar-refractivity contribution in [3.63, 3.8) is 0 Å². The van der Waals surface area contributed by atoms with Crippen LogP contribution >= 0.6 is 0 Å². The monoisotopic (exact) mass is 249 g/mol. The van der Waals surface area contributed by atoms with Crippen molar-refractivity contribution in [3.05, 3.63) is 0 Å². The van der Waals surface area contributed by atoms with Crippen molar-refractivity contribution >= 4 is 10.2 Å². The van der Waals surface area contributed by atoms with Gasteiger partial charge in [-0.25, -0.2) is 4.72 Å². The van der Waals surface area contributed by atoms with Crippen molar-refractivity contribution in [1.29, 1.82) is 0 Å². The van der Waals surface area contributed by atoms with E-state index < -0.39 is 10.2 Å². The molecule has 0 aromatic rings. The zero-order chi connectivity index (χ0) is 12.2. The summed E-state index contributed by atoms with van der Waals surface area (Å²) < 4.78 is 28.1. The van der Waals surface area contributed by atoms with Crippen LogP contribution in [0.2, 0.25) is 0 Å². The molecule has 3 N–H and O–H groups in total. The van der Waals surface area contributed by atoms with Gasteiger partial charge in [0.15, 0.2) is 0 Å². The molecule has 0 saturated carbocycles. The molecule has 0 spiro atoms. The summed E-state index contributed by atoms with van der Waals surface area (Å²) in [5.74, 6) is 0. The van der Waals surface area contributed by atoms with Crippen LogP contribution in [0, 0.1) is 0 Å². The van der Waals surface area contributed by atoms with Gasteiger partial charge in [0.1, 0.15) is 0 Å². The van der Waals surface area contributed by atoms with E-state index in [0.717, 1.165) is 12.8 Å². The summed E-state index contributed by atoms with van der Waals surface area (Å²) in [5, 5.41) is 3.39. The summed E-state index contributed by atoms with van der Waals surface area (Å²) in [7, 11) is -3.34. The molecular formula is C10H23N3O2S. The number of nitrogens with one attached hydrogen (secondary N) is 3. The van der Waals surface area contributed by atoms with Gasteiger partial charge in [-0.3, -0.25) is 0 Å². The van der Waals surface area contributed by atoms with E-state index in [9.17, 15) is 8.42 Å². The van der Waals surface area contributed by atoms with E-state index in [1.54, 1.807) is 13.8 Å². The molecule has 1 fully saturated rings. The zero-order valence-electron chi connectivity index (χ0n) is 10.3. The second kappa shape index (κ2) is 5.95. The van der Waals surface area contributed by atoms with Crippen LogP contribution in [0.5, 0.6) is 0 Å². The highest BCUT2D eigenvalue weighted by molar-refractivity contribution is 7.87. The van der Waals surface area contributed by atoms with Gasteiger partial charge in [0.2, 0.25) is 0 Å². The Morgan fingerprint density at radius 2 is 2.06 bits per heavy atom. The molecule has 2 unspecified atom stereocenters. The smallest absolute Gasteiger partial charge is 0.277 e. The number of hydrogen-bond donors (Lipinski definition) is 3. The number of hydrogen-bond acceptors (Lipinski definition) is 3. The molecule has 96 valence electrons. The van der Waals surface area contributed by atoms with Crippen LogP contribution in [-0.2, 0) is 10.2 Å². The summed E-state index contributed by atoms with van der Waals surface area (Å²) >= 11 is 0. The van der Waals surface area contributed by atoms with Crippen LogP contribution < -0.4 is 14.8 Å². The molecule has 1 saturated heterocycles. The minimum absolute atomic E-state index is 0.0734. The Morgan fingerprint density at radius 3 is 2.62 bits per heavy atom. The highest BCUT2D eigenvalue weighted by Crippen LogP contribution is 2.11. The number of piperidine rings is 1. The largest absolute Gasteiger partial charge is 0.310 e. The van der Waals surface area contributed by atoms with Crippen molar-refractivity contribution in [2.24, 2.45) is 0 Å². The standard InChI is InChI=1S/C10H23N3O2S/c1-8(2)13-16(14,15)11-7-10-6-4-5-9(3)12-10/h8-13H,4-7H2,1-3H3. The van der Waals surface area contributed by atoms with Gasteiger partial charge in [-0.2, -0.15) is 13.1 Å². The van der Waals surface area contributed by atoms with Crippen LogP contribution in [0.25, 0.3) is 0 Å². The molecule has 0 radical (unpaired) electrons. The summed E-state index contributed by atoms with van der Waals surface area (Å²) in [6.07, 6.45) is 3.38. The van der Waals surface area contributed by atoms with Crippen LogP contribution in [0.1, 0.15) is 40.0 Å². The predicted molar refractivity (Wildman–Crippen MR) is 65.4 cm³/mol. The van der Waals surface area contributed by atoms with E-state index in [1.165, 1.54) is 6.42 Å². The van der Waals surface area contributed by atoms with Gasteiger partial charge in [0.05, 0.1) is 0 Å². The SMILES string of the molecule is CC(C)NS(=O)(=O)NCC1CCCC(C)N1. The second-order valence-corrected chi connectivity index (χ2v) is 6.35. The maximum atomic E-state index is 11.5. The normalized spacial score (nSPS) is 27.2. The molecule has 16 heavy (non-hydrogen) atoms. The van der Waals surface area contributed by atoms with Gasteiger partial charge in [-0.15, -0.1) is 0 Å². The third kappa shape index (κ3) is 5.25. The van der Waals surface area contributed by atoms with Crippen LogP contribution in [0.15, 0.2) is 0 Å². The average molecular weight is 249 g/mol. The van der Waals surface area contributed by atoms with Crippen molar-refractivity contribution in [2.45, 2.75) is 58.2 Å². The van der Waals surface area contributed by atoms with Crippen molar-refractivity contribution in [1.82, 2.24) is 14.8 Å². The van der Waals surface area contributed by atoms with Gasteiger partial charge in [-0.1, -0.05) is 6.42 Å². The number of rotatable bonds is 5. The Bertz CT molecular complexity index is 303. The molecule has 5 nitrogen and oxygen atoms in total. The van der Waals surface area contributed by atoms with E-state index >= 15 is 0 Å². The molecule has 6 heteroatoms. The lowest BCUT2D eigenvalue weighted by molar-refractivity contribution is 0.334. The third-order valence-electron chi connectivity index (χ3n) is 2.62. The molecular weight excluding hydrogens is 226 g/mol. The van der Waals surface area contributed by atoms with Crippen molar-refractivity contribution < 1.29 is 8.42 Å². The van der Waals surface area contributed by atoms with Crippen LogP contribution in [0.3, 0.4) is 0 Å². The summed E-state index contributed by atoms with van der Waals surface area (Å²) in [6, 6.07) is 0.671. The maximum absolute atomic E-state index is 11.5. The quantitative estimate of drug-likeness (QED) is 0.658. The molecule has 0 aliphatic carbocycles. The van der Waals surface area contributed by atoms with E-state index in [0.29, 0.717) is 12.6 Å². The fraction of sp³-hybridized carbons (Fsp3) is 1.00. The molecule has 2 atom stereocenters. The molecule has 1 aliphatic heterocycles. The molecule has 1 heterocycles. The molecule has 1 aliphatic rings. The second-order valence-electron chi connectivity index (χ2n) is 4.82. The van der Waals surface area contributed by atoms with Gasteiger partial charge < -0.3 is 5.32 Å². The topological polar surface area (TPSA) is 70.2 Å². The Morgan fingerprint density at radius 1 is 1.38 bits per heavy atom. The fourth-order valence-electron chi connectivity index (χ4n) is 1.96. The van der Waals surface area contributed by atoms with Crippen LogP contribution in [-0.4, -0.2) is 33.1 Å². The highest BCUT2D eigenvalue weighted by Gasteiger charge is 2.19. The zero-order valence-corrected chi connectivity index (χ0v) is 11.1. The van der Waals surface area contributed by atoms with Crippen LogP contribution in [0.4, 0.5) is 0 Å². The highest BCUT2D eigenvalue weighted by atomic mass is 32.2. The molecule has 0 aromatic carbocycles. The molecule has 0 amide bonds. The predicted octanol–water partition coefficient (Wildman–Crippen LogP) is 0.349. The molecule has 0 bridgehead atoms. The molecule has 1 rings (SSSR count). The lowest BCUT2D eigenvalue weighted by Gasteiger charge is -2.28. The van der Waals surface area contributed by atoms with Crippen molar-refractivity contribution in [2.75, 3.05) is 6.54 Å².